The van der Waals surface area contributed by atoms with E-state index < -0.39 is 11.6 Å². The van der Waals surface area contributed by atoms with Crippen molar-refractivity contribution in [2.24, 2.45) is 5.10 Å². The lowest BCUT2D eigenvalue weighted by Gasteiger charge is -2.00. The number of hydrogen-bond acceptors (Lipinski definition) is 6. The number of hydrazone groups is 1. The number of hydrogen-bond donors (Lipinski definition) is 0. The van der Waals surface area contributed by atoms with Gasteiger partial charge in [0.25, 0.3) is 5.78 Å². The minimum Gasteiger partial charge on any atom is -0.451 e. The predicted octanol–water partition coefficient (Wildman–Crippen LogP) is 2.30. The van der Waals surface area contributed by atoms with Crippen LogP contribution in [0.3, 0.4) is 0 Å². The summed E-state index contributed by atoms with van der Waals surface area (Å²) in [5.74, 6) is -0.748. The molecule has 0 radical (unpaired) electrons. The van der Waals surface area contributed by atoms with Crippen molar-refractivity contribution in [1.82, 2.24) is 5.01 Å². The quantitative estimate of drug-likeness (QED) is 0.364. The van der Waals surface area contributed by atoms with E-state index in [0.29, 0.717) is 10.6 Å². The SMILES string of the molecule is CN(C)/N=C/c1ccc(C(=O)C(=O)c2cccs2)o1. The Labute approximate surface area is 114 Å². The summed E-state index contributed by atoms with van der Waals surface area (Å²) in [6, 6.07) is 6.41. The molecular formula is C13H12N2O3S. The molecule has 2 aromatic rings. The van der Waals surface area contributed by atoms with E-state index in [4.69, 9.17) is 4.42 Å². The van der Waals surface area contributed by atoms with E-state index in [1.165, 1.54) is 23.6 Å². The van der Waals surface area contributed by atoms with Crippen LogP contribution in [0.1, 0.15) is 26.0 Å². The van der Waals surface area contributed by atoms with Crippen LogP contribution in [0.5, 0.6) is 0 Å². The third-order valence-corrected chi connectivity index (χ3v) is 3.09. The molecule has 5 nitrogen and oxygen atoms in total. The standard InChI is InChI=1S/C13H12N2O3S/c1-15(2)14-8-9-5-6-10(18-9)12(16)13(17)11-4-3-7-19-11/h3-8H,1-2H3/b14-8+. The molecule has 0 unspecified atom stereocenters. The zero-order valence-electron chi connectivity index (χ0n) is 10.5. The molecule has 0 fully saturated rings. The number of thiophene rings is 1. The highest BCUT2D eigenvalue weighted by Gasteiger charge is 2.22. The molecule has 2 aromatic heterocycles. The molecule has 0 amide bonds. The fourth-order valence-electron chi connectivity index (χ4n) is 1.35. The number of furan rings is 1. The van der Waals surface area contributed by atoms with Crippen molar-refractivity contribution in [1.29, 1.82) is 0 Å². The first-order chi connectivity index (χ1) is 9.08. The Morgan fingerprint density at radius 3 is 2.68 bits per heavy atom. The topological polar surface area (TPSA) is 62.9 Å². The Hall–Kier alpha value is -2.21. The number of rotatable bonds is 5. The fraction of sp³-hybridized carbons (Fsp3) is 0.154. The molecule has 0 aliphatic rings. The van der Waals surface area contributed by atoms with E-state index >= 15 is 0 Å². The van der Waals surface area contributed by atoms with Gasteiger partial charge in [0.2, 0.25) is 5.78 Å². The molecule has 6 heteroatoms. The molecule has 0 saturated carbocycles. The average Bonchev–Trinajstić information content (AvgIpc) is 3.05. The van der Waals surface area contributed by atoms with Crippen LogP contribution in [0.25, 0.3) is 0 Å². The van der Waals surface area contributed by atoms with Gasteiger partial charge in [-0.25, -0.2) is 0 Å². The van der Waals surface area contributed by atoms with E-state index in [1.54, 1.807) is 42.7 Å². The molecule has 0 aliphatic heterocycles. The van der Waals surface area contributed by atoms with Gasteiger partial charge < -0.3 is 9.43 Å². The summed E-state index contributed by atoms with van der Waals surface area (Å²) in [5, 5.41) is 7.33. The first-order valence-electron chi connectivity index (χ1n) is 5.51. The van der Waals surface area contributed by atoms with Gasteiger partial charge in [-0.3, -0.25) is 9.59 Å². The third kappa shape index (κ3) is 3.17. The van der Waals surface area contributed by atoms with Gasteiger partial charge in [-0.05, 0) is 23.6 Å². The second-order valence-electron chi connectivity index (χ2n) is 3.93. The van der Waals surface area contributed by atoms with Gasteiger partial charge in [-0.15, -0.1) is 11.3 Å². The van der Waals surface area contributed by atoms with Gasteiger partial charge in [0.15, 0.2) is 5.76 Å². The van der Waals surface area contributed by atoms with Crippen molar-refractivity contribution in [3.8, 4) is 0 Å². The summed E-state index contributed by atoms with van der Waals surface area (Å²) in [6.45, 7) is 0. The molecule has 0 atom stereocenters. The van der Waals surface area contributed by atoms with Gasteiger partial charge in [-0.2, -0.15) is 5.10 Å². The Balaban J connectivity index is 2.14. The number of ketones is 2. The summed E-state index contributed by atoms with van der Waals surface area (Å²) in [5.41, 5.74) is 0. The molecule has 98 valence electrons. The van der Waals surface area contributed by atoms with Crippen LogP contribution in [-0.4, -0.2) is 36.9 Å². The molecule has 19 heavy (non-hydrogen) atoms. The van der Waals surface area contributed by atoms with E-state index in [0.717, 1.165) is 0 Å². The van der Waals surface area contributed by atoms with Crippen LogP contribution in [-0.2, 0) is 0 Å². The monoisotopic (exact) mass is 276 g/mol. The number of Topliss-reactive ketones (excluding diaryl/α,β-unsaturated/α-hetero) is 2. The lowest BCUT2D eigenvalue weighted by molar-refractivity contribution is 0.0803. The number of nitrogens with zero attached hydrogens (tertiary/aromatic N) is 2. The van der Waals surface area contributed by atoms with Crippen LogP contribution in [0.2, 0.25) is 0 Å². The highest BCUT2D eigenvalue weighted by atomic mass is 32.1. The Morgan fingerprint density at radius 2 is 2.05 bits per heavy atom. The Bertz CT molecular complexity index is 612. The van der Waals surface area contributed by atoms with Crippen LogP contribution in [0, 0.1) is 0 Å². The van der Waals surface area contributed by atoms with E-state index in [9.17, 15) is 9.59 Å². The molecule has 0 spiro atoms. The third-order valence-electron chi connectivity index (χ3n) is 2.22. The van der Waals surface area contributed by atoms with Gasteiger partial charge in [0.05, 0.1) is 11.1 Å². The summed E-state index contributed by atoms with van der Waals surface area (Å²) >= 11 is 1.23. The molecule has 0 aromatic carbocycles. The second-order valence-corrected chi connectivity index (χ2v) is 4.88. The molecule has 2 rings (SSSR count). The van der Waals surface area contributed by atoms with Gasteiger partial charge in [-0.1, -0.05) is 6.07 Å². The van der Waals surface area contributed by atoms with E-state index in [2.05, 4.69) is 5.10 Å². The maximum atomic E-state index is 11.9. The van der Waals surface area contributed by atoms with Crippen LogP contribution < -0.4 is 0 Å². The van der Waals surface area contributed by atoms with Crippen molar-refractivity contribution < 1.29 is 14.0 Å². The Morgan fingerprint density at radius 1 is 1.26 bits per heavy atom. The zero-order valence-corrected chi connectivity index (χ0v) is 11.3. The molecular weight excluding hydrogens is 264 g/mol. The second kappa shape index (κ2) is 5.62. The average molecular weight is 276 g/mol. The smallest absolute Gasteiger partial charge is 0.269 e. The highest BCUT2D eigenvalue weighted by Crippen LogP contribution is 2.14. The molecule has 2 heterocycles. The highest BCUT2D eigenvalue weighted by molar-refractivity contribution is 7.13. The Kier molecular flexibility index (Phi) is 3.91. The van der Waals surface area contributed by atoms with Crippen molar-refractivity contribution in [3.63, 3.8) is 0 Å². The maximum Gasteiger partial charge on any atom is 0.269 e. The number of carbonyl (C=O) groups is 2. The maximum absolute atomic E-state index is 11.9. The van der Waals surface area contributed by atoms with Gasteiger partial charge in [0.1, 0.15) is 5.76 Å². The van der Waals surface area contributed by atoms with Crippen LogP contribution >= 0.6 is 11.3 Å². The van der Waals surface area contributed by atoms with Crippen LogP contribution in [0.15, 0.2) is 39.2 Å². The minimum atomic E-state index is -0.646. The van der Waals surface area contributed by atoms with E-state index in [-0.39, 0.29) is 5.76 Å². The van der Waals surface area contributed by atoms with Gasteiger partial charge in [0, 0.05) is 14.1 Å². The minimum absolute atomic E-state index is 0.0265. The zero-order chi connectivity index (χ0) is 13.8. The van der Waals surface area contributed by atoms with Crippen molar-refractivity contribution in [2.45, 2.75) is 0 Å². The van der Waals surface area contributed by atoms with Crippen molar-refractivity contribution in [3.05, 3.63) is 46.0 Å². The predicted molar refractivity (Wildman–Crippen MR) is 73.0 cm³/mol. The van der Waals surface area contributed by atoms with Crippen molar-refractivity contribution >= 4 is 29.1 Å². The summed E-state index contributed by atoms with van der Waals surface area (Å²) < 4.78 is 5.27. The molecule has 0 aliphatic carbocycles. The summed E-state index contributed by atoms with van der Waals surface area (Å²) in [7, 11) is 3.54. The lowest BCUT2D eigenvalue weighted by atomic mass is 10.2. The first-order valence-corrected chi connectivity index (χ1v) is 6.39. The van der Waals surface area contributed by atoms with Gasteiger partial charge >= 0.3 is 0 Å². The molecule has 0 N–H and O–H groups in total. The normalized spacial score (nSPS) is 10.8. The lowest BCUT2D eigenvalue weighted by Crippen LogP contribution is -2.12. The first kappa shape index (κ1) is 13.2. The van der Waals surface area contributed by atoms with Crippen molar-refractivity contribution in [2.75, 3.05) is 14.1 Å². The summed E-state index contributed by atoms with van der Waals surface area (Å²) in [4.78, 5) is 24.2. The largest absolute Gasteiger partial charge is 0.451 e. The number of carbonyl (C=O) groups excluding carboxylic acids is 2. The van der Waals surface area contributed by atoms with E-state index in [1.807, 2.05) is 0 Å². The fourth-order valence-corrected chi connectivity index (χ4v) is 2.01. The summed E-state index contributed by atoms with van der Waals surface area (Å²) in [6.07, 6.45) is 1.48. The van der Waals surface area contributed by atoms with Crippen LogP contribution in [0.4, 0.5) is 0 Å². The molecule has 0 saturated heterocycles. The molecule has 0 bridgehead atoms.